The molecule has 180 valence electrons. The first kappa shape index (κ1) is 23.1. The Hall–Kier alpha value is -3.36. The minimum Gasteiger partial charge on any atom is -0.314 e. The van der Waals surface area contributed by atoms with E-state index in [1.165, 1.54) is 54.9 Å². The Bertz CT molecular complexity index is 1450. The van der Waals surface area contributed by atoms with Crippen LogP contribution in [-0.2, 0) is 0 Å². The van der Waals surface area contributed by atoms with Gasteiger partial charge in [0.2, 0.25) is 0 Å². The van der Waals surface area contributed by atoms with Crippen molar-refractivity contribution in [2.45, 2.75) is 46.6 Å². The monoisotopic (exact) mass is 485 g/mol. The zero-order valence-corrected chi connectivity index (χ0v) is 23.3. The van der Waals surface area contributed by atoms with Crippen molar-refractivity contribution in [3.63, 3.8) is 0 Å². The van der Waals surface area contributed by atoms with E-state index in [1.807, 2.05) is 0 Å². The Morgan fingerprint density at radius 3 is 2.03 bits per heavy atom. The minimum atomic E-state index is -2.53. The molecule has 36 heavy (non-hydrogen) atoms. The molecular weight excluding hydrogens is 450 g/mol. The second-order valence-electron chi connectivity index (χ2n) is 11.1. The van der Waals surface area contributed by atoms with E-state index in [0.717, 1.165) is 0 Å². The summed E-state index contributed by atoms with van der Waals surface area (Å²) >= 11 is 0. The van der Waals surface area contributed by atoms with Gasteiger partial charge in [-0.2, -0.15) is 0 Å². The van der Waals surface area contributed by atoms with Crippen molar-refractivity contribution in [1.82, 2.24) is 0 Å². The van der Waals surface area contributed by atoms with Gasteiger partial charge in [-0.3, -0.25) is 0 Å². The summed E-state index contributed by atoms with van der Waals surface area (Å²) in [5.74, 6) is 0.387. The summed E-state index contributed by atoms with van der Waals surface area (Å²) in [7, 11) is -2.53. The molecule has 0 aromatic heterocycles. The molecule has 0 bridgehead atoms. The number of hydrogen-bond acceptors (Lipinski definition) is 1. The van der Waals surface area contributed by atoms with E-state index in [-0.39, 0.29) is 5.04 Å². The Kier molecular flexibility index (Phi) is 5.17. The molecule has 0 radical (unpaired) electrons. The molecule has 2 heteroatoms. The fraction of sp³-hybridized carbons (Fsp3) is 0.235. The maximum atomic E-state index is 2.64. The van der Waals surface area contributed by atoms with Crippen LogP contribution in [0.2, 0.25) is 5.04 Å². The van der Waals surface area contributed by atoms with Crippen LogP contribution < -0.4 is 20.5 Å². The van der Waals surface area contributed by atoms with E-state index in [2.05, 4.69) is 144 Å². The van der Waals surface area contributed by atoms with Crippen LogP contribution in [0.1, 0.15) is 45.7 Å². The maximum Gasteiger partial charge on any atom is 0.162 e. The van der Waals surface area contributed by atoms with Crippen molar-refractivity contribution >= 4 is 34.9 Å². The van der Waals surface area contributed by atoms with Gasteiger partial charge in [0, 0.05) is 22.0 Å². The first-order chi connectivity index (χ1) is 17.3. The van der Waals surface area contributed by atoms with E-state index >= 15 is 0 Å². The van der Waals surface area contributed by atoms with Crippen LogP contribution in [0.3, 0.4) is 0 Å². The summed E-state index contributed by atoms with van der Waals surface area (Å²) in [4.78, 5) is 2.64. The molecule has 0 saturated carbocycles. The molecule has 1 nitrogen and oxygen atoms in total. The van der Waals surface area contributed by atoms with Gasteiger partial charge in [-0.25, -0.2) is 0 Å². The molecule has 1 unspecified atom stereocenters. The van der Waals surface area contributed by atoms with E-state index in [1.54, 1.807) is 0 Å². The fourth-order valence-electron chi connectivity index (χ4n) is 7.22. The van der Waals surface area contributed by atoms with E-state index in [4.69, 9.17) is 0 Å². The SMILES string of the molecule is CC=CC1=C(C)C2=CC(C)C=C3N2c2c(ccc(C)c21)[Si](c1ccccc1)(c1ccccc1)C3(C)C. The molecule has 3 aliphatic rings. The quantitative estimate of drug-likeness (QED) is 0.367. The van der Waals surface area contributed by atoms with E-state index in [0.29, 0.717) is 5.92 Å². The third kappa shape index (κ3) is 2.82. The molecule has 0 amide bonds. The fourth-order valence-corrected chi connectivity index (χ4v) is 13.2. The summed E-state index contributed by atoms with van der Waals surface area (Å²) in [6.45, 7) is 14.1. The standard InChI is InChI=1S/C34H35NSi/c1-7-14-28-25(4)29-21-23(2)22-31-34(5,6)36(26-15-10-8-11-16-26,27-17-12-9-13-18-27)30-20-19-24(3)32(28)33(30)35(29)31/h7-23H,1-6H3. The van der Waals surface area contributed by atoms with Gasteiger partial charge in [0.15, 0.2) is 8.07 Å². The summed E-state index contributed by atoms with van der Waals surface area (Å²) in [6.07, 6.45) is 9.53. The van der Waals surface area contributed by atoms with Crippen molar-refractivity contribution in [3.05, 3.63) is 125 Å². The molecule has 3 heterocycles. The third-order valence-corrected chi connectivity index (χ3v) is 14.5. The summed E-state index contributed by atoms with van der Waals surface area (Å²) in [5.41, 5.74) is 9.74. The zero-order chi connectivity index (χ0) is 25.2. The lowest BCUT2D eigenvalue weighted by atomic mass is 9.83. The minimum absolute atomic E-state index is 0.0681. The van der Waals surface area contributed by atoms with E-state index in [9.17, 15) is 0 Å². The van der Waals surface area contributed by atoms with Crippen LogP contribution in [0.5, 0.6) is 0 Å². The Labute approximate surface area is 217 Å². The van der Waals surface area contributed by atoms with Crippen LogP contribution >= 0.6 is 0 Å². The molecule has 0 N–H and O–H groups in total. The van der Waals surface area contributed by atoms with Crippen molar-refractivity contribution < 1.29 is 0 Å². The normalized spacial score (nSPS) is 21.3. The summed E-state index contributed by atoms with van der Waals surface area (Å²) in [5, 5.41) is 4.42. The van der Waals surface area contributed by atoms with Gasteiger partial charge in [0.25, 0.3) is 0 Å². The zero-order valence-electron chi connectivity index (χ0n) is 22.3. The van der Waals surface area contributed by atoms with Gasteiger partial charge < -0.3 is 4.90 Å². The third-order valence-electron chi connectivity index (χ3n) is 8.72. The second kappa shape index (κ2) is 8.08. The van der Waals surface area contributed by atoms with Crippen LogP contribution in [0.15, 0.2) is 114 Å². The largest absolute Gasteiger partial charge is 0.314 e. The molecule has 0 spiro atoms. The van der Waals surface area contributed by atoms with Gasteiger partial charge in [0.05, 0.1) is 5.69 Å². The highest BCUT2D eigenvalue weighted by molar-refractivity contribution is 7.14. The molecule has 1 atom stereocenters. The van der Waals surface area contributed by atoms with Crippen molar-refractivity contribution in [3.8, 4) is 0 Å². The maximum absolute atomic E-state index is 2.64. The average molecular weight is 486 g/mol. The number of benzene rings is 3. The lowest BCUT2D eigenvalue weighted by molar-refractivity contribution is 0.693. The van der Waals surface area contributed by atoms with Gasteiger partial charge in [-0.15, -0.1) is 0 Å². The van der Waals surface area contributed by atoms with Crippen molar-refractivity contribution in [2.24, 2.45) is 5.92 Å². The van der Waals surface area contributed by atoms with Crippen LogP contribution in [0, 0.1) is 12.8 Å². The molecule has 6 rings (SSSR count). The molecule has 0 aliphatic carbocycles. The highest BCUT2D eigenvalue weighted by Crippen LogP contribution is 2.58. The number of anilines is 1. The van der Waals surface area contributed by atoms with Crippen LogP contribution in [-0.4, -0.2) is 8.07 Å². The highest BCUT2D eigenvalue weighted by atomic mass is 28.3. The number of aryl methyl sites for hydroxylation is 1. The first-order valence-corrected chi connectivity index (χ1v) is 15.2. The topological polar surface area (TPSA) is 3.24 Å². The second-order valence-corrected chi connectivity index (χ2v) is 15.5. The highest BCUT2D eigenvalue weighted by Gasteiger charge is 2.60. The number of rotatable bonds is 3. The summed E-state index contributed by atoms with van der Waals surface area (Å²) < 4.78 is 0. The number of nitrogens with zero attached hydrogens (tertiary/aromatic N) is 1. The van der Waals surface area contributed by atoms with Crippen molar-refractivity contribution in [2.75, 3.05) is 4.90 Å². The van der Waals surface area contributed by atoms with Gasteiger partial charge >= 0.3 is 0 Å². The molecule has 3 aromatic rings. The number of hydrogen-bond donors (Lipinski definition) is 0. The Morgan fingerprint density at radius 2 is 1.44 bits per heavy atom. The smallest absolute Gasteiger partial charge is 0.162 e. The molecule has 3 aliphatic heterocycles. The van der Waals surface area contributed by atoms with E-state index < -0.39 is 8.07 Å². The first-order valence-electron chi connectivity index (χ1n) is 13.2. The number of allylic oxidation sites excluding steroid dienone is 7. The molecule has 3 aromatic carbocycles. The lowest BCUT2D eigenvalue weighted by Gasteiger charge is -2.58. The van der Waals surface area contributed by atoms with Crippen LogP contribution in [0.25, 0.3) is 5.57 Å². The van der Waals surface area contributed by atoms with Gasteiger partial charge in [-0.05, 0) is 59.0 Å². The lowest BCUT2D eigenvalue weighted by Crippen LogP contribution is -2.76. The molecule has 0 saturated heterocycles. The Balaban J connectivity index is 1.87. The van der Waals surface area contributed by atoms with Crippen LogP contribution in [0.4, 0.5) is 5.69 Å². The summed E-state index contributed by atoms with van der Waals surface area (Å²) in [6, 6.07) is 27.7. The average Bonchev–Trinajstić information content (AvgIpc) is 2.88. The van der Waals surface area contributed by atoms with Gasteiger partial charge in [-0.1, -0.05) is 118 Å². The van der Waals surface area contributed by atoms with Crippen molar-refractivity contribution in [1.29, 1.82) is 0 Å². The Morgan fingerprint density at radius 1 is 0.833 bits per heavy atom. The predicted octanol–water partition coefficient (Wildman–Crippen LogP) is 6.85. The van der Waals surface area contributed by atoms with Gasteiger partial charge in [0.1, 0.15) is 0 Å². The molecule has 0 fully saturated rings. The molecular formula is C34H35NSi. The predicted molar refractivity (Wildman–Crippen MR) is 158 cm³/mol.